The number of ether oxygens (including phenoxy) is 2. The second-order valence-corrected chi connectivity index (χ2v) is 6.61. The summed E-state index contributed by atoms with van der Waals surface area (Å²) in [5.41, 5.74) is 4.35. The third-order valence-corrected chi connectivity index (χ3v) is 4.21. The maximum Gasteiger partial charge on any atom is 0.224 e. The number of hydrogen-bond acceptors (Lipinski definition) is 6. The van der Waals surface area contributed by atoms with E-state index in [1.54, 1.807) is 7.11 Å². The molecule has 0 bridgehead atoms. The molecule has 0 saturated carbocycles. The van der Waals surface area contributed by atoms with E-state index in [4.69, 9.17) is 9.47 Å². The van der Waals surface area contributed by atoms with Crippen molar-refractivity contribution in [2.45, 2.75) is 20.8 Å². The number of nitrogens with one attached hydrogen (secondary N) is 2. The maximum absolute atomic E-state index is 5.72. The van der Waals surface area contributed by atoms with Gasteiger partial charge in [0.1, 0.15) is 23.9 Å². The Bertz CT molecular complexity index is 926. The van der Waals surface area contributed by atoms with Crippen LogP contribution < -0.4 is 20.1 Å². The number of aromatic nitrogens is 2. The standard InChI is InChI=1S/C22H26N4O2/c1-15-5-10-20(16(2)13-15)25-21-14-17(3)24-22(26-21)23-11-12-28-19-8-6-18(27-4)7-9-19/h5-10,13-14H,11-12H2,1-4H3,(H2,23,24,25,26). The van der Waals surface area contributed by atoms with Crippen LogP contribution in [0.5, 0.6) is 11.5 Å². The molecular formula is C22H26N4O2. The topological polar surface area (TPSA) is 68.3 Å². The number of aryl methyl sites for hydroxylation is 3. The number of rotatable bonds is 8. The van der Waals surface area contributed by atoms with Gasteiger partial charge in [-0.2, -0.15) is 4.98 Å². The van der Waals surface area contributed by atoms with E-state index in [9.17, 15) is 0 Å². The number of nitrogens with zero attached hydrogens (tertiary/aromatic N) is 2. The SMILES string of the molecule is COc1ccc(OCCNc2nc(C)cc(Nc3ccc(C)cc3C)n2)cc1. The molecule has 0 atom stereocenters. The molecule has 28 heavy (non-hydrogen) atoms. The lowest BCUT2D eigenvalue weighted by molar-refractivity contribution is 0.331. The van der Waals surface area contributed by atoms with E-state index < -0.39 is 0 Å². The molecule has 3 aromatic rings. The minimum absolute atomic E-state index is 0.503. The van der Waals surface area contributed by atoms with Gasteiger partial charge in [-0.25, -0.2) is 4.98 Å². The van der Waals surface area contributed by atoms with Crippen LogP contribution in [0.4, 0.5) is 17.5 Å². The zero-order valence-electron chi connectivity index (χ0n) is 16.7. The number of methoxy groups -OCH3 is 1. The van der Waals surface area contributed by atoms with Crippen molar-refractivity contribution in [2.75, 3.05) is 30.9 Å². The Morgan fingerprint density at radius 3 is 2.36 bits per heavy atom. The highest BCUT2D eigenvalue weighted by molar-refractivity contribution is 5.61. The first kappa shape index (κ1) is 19.5. The molecule has 0 aliphatic rings. The summed E-state index contributed by atoms with van der Waals surface area (Å²) < 4.78 is 10.9. The van der Waals surface area contributed by atoms with E-state index in [1.807, 2.05) is 37.3 Å². The molecule has 1 aromatic heterocycles. The van der Waals surface area contributed by atoms with Crippen LogP contribution in [0.1, 0.15) is 16.8 Å². The Labute approximate surface area is 166 Å². The van der Waals surface area contributed by atoms with Gasteiger partial charge >= 0.3 is 0 Å². The van der Waals surface area contributed by atoms with Crippen LogP contribution in [0.25, 0.3) is 0 Å². The smallest absolute Gasteiger partial charge is 0.224 e. The molecule has 0 amide bonds. The van der Waals surface area contributed by atoms with E-state index in [-0.39, 0.29) is 0 Å². The summed E-state index contributed by atoms with van der Waals surface area (Å²) in [5.74, 6) is 2.94. The van der Waals surface area contributed by atoms with Crippen LogP contribution in [0, 0.1) is 20.8 Å². The molecule has 6 heteroatoms. The first-order valence-electron chi connectivity index (χ1n) is 9.24. The van der Waals surface area contributed by atoms with E-state index in [0.29, 0.717) is 19.1 Å². The van der Waals surface area contributed by atoms with Crippen molar-refractivity contribution in [3.8, 4) is 11.5 Å². The highest BCUT2D eigenvalue weighted by atomic mass is 16.5. The highest BCUT2D eigenvalue weighted by Crippen LogP contribution is 2.21. The second-order valence-electron chi connectivity index (χ2n) is 6.61. The molecule has 0 aliphatic heterocycles. The third-order valence-electron chi connectivity index (χ3n) is 4.21. The first-order chi connectivity index (χ1) is 13.5. The van der Waals surface area contributed by atoms with Crippen molar-refractivity contribution in [1.29, 1.82) is 0 Å². The Balaban J connectivity index is 1.56. The number of anilines is 3. The summed E-state index contributed by atoms with van der Waals surface area (Å²) in [6, 6.07) is 15.7. The van der Waals surface area contributed by atoms with Crippen LogP contribution in [-0.2, 0) is 0 Å². The molecule has 0 saturated heterocycles. The van der Waals surface area contributed by atoms with Crippen molar-refractivity contribution < 1.29 is 9.47 Å². The quantitative estimate of drug-likeness (QED) is 0.556. The lowest BCUT2D eigenvalue weighted by Gasteiger charge is -2.12. The summed E-state index contributed by atoms with van der Waals surface area (Å²) >= 11 is 0. The van der Waals surface area contributed by atoms with Gasteiger partial charge in [0.05, 0.1) is 13.7 Å². The average molecular weight is 378 g/mol. The fraction of sp³-hybridized carbons (Fsp3) is 0.273. The number of benzene rings is 2. The predicted octanol–water partition coefficient (Wildman–Crippen LogP) is 4.64. The van der Waals surface area contributed by atoms with E-state index in [0.717, 1.165) is 28.7 Å². The molecule has 0 spiro atoms. The van der Waals surface area contributed by atoms with Crippen LogP contribution in [0.15, 0.2) is 48.5 Å². The maximum atomic E-state index is 5.72. The monoisotopic (exact) mass is 378 g/mol. The summed E-state index contributed by atoms with van der Waals surface area (Å²) in [4.78, 5) is 9.00. The number of hydrogen-bond donors (Lipinski definition) is 2. The molecule has 2 aromatic carbocycles. The van der Waals surface area contributed by atoms with Crippen molar-refractivity contribution in [3.05, 3.63) is 65.4 Å². The van der Waals surface area contributed by atoms with Gasteiger partial charge in [-0.15, -0.1) is 0 Å². The van der Waals surface area contributed by atoms with Gasteiger partial charge in [-0.3, -0.25) is 0 Å². The van der Waals surface area contributed by atoms with Crippen LogP contribution in [0.2, 0.25) is 0 Å². The summed E-state index contributed by atoms with van der Waals surface area (Å²) in [6.07, 6.45) is 0. The van der Waals surface area contributed by atoms with Gasteiger partial charge in [0.25, 0.3) is 0 Å². The lowest BCUT2D eigenvalue weighted by Crippen LogP contribution is -2.14. The first-order valence-corrected chi connectivity index (χ1v) is 9.24. The fourth-order valence-corrected chi connectivity index (χ4v) is 2.81. The van der Waals surface area contributed by atoms with Gasteiger partial charge in [0, 0.05) is 17.4 Å². The molecule has 3 rings (SSSR count). The molecule has 0 fully saturated rings. The summed E-state index contributed by atoms with van der Waals surface area (Å²) in [7, 11) is 1.64. The summed E-state index contributed by atoms with van der Waals surface area (Å²) in [5, 5.41) is 6.59. The Kier molecular flexibility index (Phi) is 6.32. The minimum atomic E-state index is 0.503. The molecular weight excluding hydrogens is 352 g/mol. The molecule has 1 heterocycles. The summed E-state index contributed by atoms with van der Waals surface area (Å²) in [6.45, 7) is 7.22. The molecule has 0 radical (unpaired) electrons. The molecule has 0 unspecified atom stereocenters. The van der Waals surface area contributed by atoms with Crippen molar-refractivity contribution >= 4 is 17.5 Å². The van der Waals surface area contributed by atoms with Gasteiger partial charge in [0.2, 0.25) is 5.95 Å². The molecule has 2 N–H and O–H groups in total. The Morgan fingerprint density at radius 1 is 0.893 bits per heavy atom. The highest BCUT2D eigenvalue weighted by Gasteiger charge is 2.05. The van der Waals surface area contributed by atoms with E-state index >= 15 is 0 Å². The van der Waals surface area contributed by atoms with E-state index in [2.05, 4.69) is 52.6 Å². The lowest BCUT2D eigenvalue weighted by atomic mass is 10.1. The molecule has 146 valence electrons. The van der Waals surface area contributed by atoms with Crippen LogP contribution in [0.3, 0.4) is 0 Å². The van der Waals surface area contributed by atoms with Gasteiger partial charge in [-0.05, 0) is 56.7 Å². The van der Waals surface area contributed by atoms with Gasteiger partial charge < -0.3 is 20.1 Å². The normalized spacial score (nSPS) is 10.4. The minimum Gasteiger partial charge on any atom is -0.497 e. The fourth-order valence-electron chi connectivity index (χ4n) is 2.81. The largest absolute Gasteiger partial charge is 0.497 e. The van der Waals surface area contributed by atoms with E-state index in [1.165, 1.54) is 11.1 Å². The Morgan fingerprint density at radius 2 is 1.64 bits per heavy atom. The third kappa shape index (κ3) is 5.36. The predicted molar refractivity (Wildman–Crippen MR) is 113 cm³/mol. The Hall–Kier alpha value is -3.28. The van der Waals surface area contributed by atoms with Crippen molar-refractivity contribution in [1.82, 2.24) is 9.97 Å². The van der Waals surface area contributed by atoms with Crippen LogP contribution >= 0.6 is 0 Å². The van der Waals surface area contributed by atoms with Crippen LogP contribution in [-0.4, -0.2) is 30.2 Å². The average Bonchev–Trinajstić information content (AvgIpc) is 2.67. The van der Waals surface area contributed by atoms with Crippen molar-refractivity contribution in [3.63, 3.8) is 0 Å². The van der Waals surface area contributed by atoms with Gasteiger partial charge in [-0.1, -0.05) is 17.7 Å². The zero-order valence-corrected chi connectivity index (χ0v) is 16.7. The van der Waals surface area contributed by atoms with Gasteiger partial charge in [0.15, 0.2) is 0 Å². The van der Waals surface area contributed by atoms with Crippen molar-refractivity contribution in [2.24, 2.45) is 0 Å². The zero-order chi connectivity index (χ0) is 19.9. The molecule has 6 nitrogen and oxygen atoms in total. The second kappa shape index (κ2) is 9.08. The molecule has 0 aliphatic carbocycles.